The molecule has 0 radical (unpaired) electrons. The minimum atomic E-state index is 0.411. The molecule has 0 amide bonds. The first-order valence-corrected chi connectivity index (χ1v) is 11.2. The van der Waals surface area contributed by atoms with Crippen molar-refractivity contribution in [1.82, 2.24) is 5.32 Å². The second-order valence-corrected chi connectivity index (χ2v) is 8.62. The summed E-state index contributed by atoms with van der Waals surface area (Å²) in [6, 6.07) is 22.8. The third-order valence-electron chi connectivity index (χ3n) is 4.92. The Labute approximate surface area is 192 Å². The Morgan fingerprint density at radius 3 is 2.47 bits per heavy atom. The van der Waals surface area contributed by atoms with E-state index in [0.717, 1.165) is 35.0 Å². The second-order valence-electron chi connectivity index (χ2n) is 7.33. The summed E-state index contributed by atoms with van der Waals surface area (Å²) in [6.07, 6.45) is 2.15. The van der Waals surface area contributed by atoms with Gasteiger partial charge in [-0.1, -0.05) is 54.1 Å². The van der Waals surface area contributed by atoms with E-state index in [9.17, 15) is 0 Å². The van der Waals surface area contributed by atoms with Gasteiger partial charge in [-0.25, -0.2) is 0 Å². The highest BCUT2D eigenvalue weighted by molar-refractivity contribution is 9.10. The van der Waals surface area contributed by atoms with Crippen LogP contribution in [0.4, 0.5) is 0 Å². The van der Waals surface area contributed by atoms with E-state index in [0.29, 0.717) is 29.2 Å². The molecule has 3 aromatic rings. The Kier molecular flexibility index (Phi) is 8.61. The van der Waals surface area contributed by atoms with Gasteiger partial charge in [0.05, 0.1) is 11.6 Å². The van der Waals surface area contributed by atoms with Gasteiger partial charge in [-0.3, -0.25) is 0 Å². The number of rotatable bonds is 10. The topological polar surface area (TPSA) is 30.5 Å². The average Bonchev–Trinajstić information content (AvgIpc) is 2.76. The van der Waals surface area contributed by atoms with E-state index >= 15 is 0 Å². The molecule has 0 fully saturated rings. The lowest BCUT2D eigenvalue weighted by Gasteiger charge is -2.17. The number of halogens is 2. The van der Waals surface area contributed by atoms with Gasteiger partial charge in [0.15, 0.2) is 11.5 Å². The summed E-state index contributed by atoms with van der Waals surface area (Å²) in [5, 5.41) is 4.30. The lowest BCUT2D eigenvalue weighted by atomic mass is 10.1. The molecule has 0 bridgehead atoms. The number of hydrogen-bond donors (Lipinski definition) is 1. The zero-order valence-corrected chi connectivity index (χ0v) is 19.7. The Morgan fingerprint density at radius 2 is 1.73 bits per heavy atom. The lowest BCUT2D eigenvalue weighted by Crippen LogP contribution is -2.26. The van der Waals surface area contributed by atoms with Crippen molar-refractivity contribution in [1.29, 1.82) is 0 Å². The molecule has 0 saturated heterocycles. The molecule has 3 nitrogen and oxygen atoms in total. The molecule has 0 aromatic heterocycles. The van der Waals surface area contributed by atoms with Crippen LogP contribution in [0, 0.1) is 0 Å². The maximum atomic E-state index is 6.06. The molecule has 1 atom stereocenters. The Hall–Kier alpha value is -2.01. The summed E-state index contributed by atoms with van der Waals surface area (Å²) in [7, 11) is 1.66. The van der Waals surface area contributed by atoms with Gasteiger partial charge in [-0.15, -0.1) is 0 Å². The molecule has 5 heteroatoms. The van der Waals surface area contributed by atoms with Gasteiger partial charge in [0.2, 0.25) is 0 Å². The molecular weight excluding hydrogens is 462 g/mol. The maximum absolute atomic E-state index is 6.06. The summed E-state index contributed by atoms with van der Waals surface area (Å²) >= 11 is 9.69. The fraction of sp³-hybridized carbons (Fsp3) is 0.280. The molecule has 0 spiro atoms. The van der Waals surface area contributed by atoms with Gasteiger partial charge >= 0.3 is 0 Å². The number of benzene rings is 3. The van der Waals surface area contributed by atoms with Crippen LogP contribution in [0.2, 0.25) is 5.02 Å². The van der Waals surface area contributed by atoms with E-state index < -0.39 is 0 Å². The van der Waals surface area contributed by atoms with Crippen LogP contribution in [0.15, 0.2) is 71.2 Å². The van der Waals surface area contributed by atoms with Gasteiger partial charge in [-0.05, 0) is 76.7 Å². The average molecular weight is 489 g/mol. The molecule has 3 aromatic carbocycles. The zero-order valence-electron chi connectivity index (χ0n) is 17.3. The predicted octanol–water partition coefficient (Wildman–Crippen LogP) is 6.80. The van der Waals surface area contributed by atoms with Crippen LogP contribution in [-0.4, -0.2) is 13.2 Å². The largest absolute Gasteiger partial charge is 0.493 e. The van der Waals surface area contributed by atoms with Crippen molar-refractivity contribution in [2.75, 3.05) is 7.11 Å². The van der Waals surface area contributed by atoms with Crippen molar-refractivity contribution in [3.63, 3.8) is 0 Å². The first kappa shape index (κ1) is 22.7. The molecule has 0 unspecified atom stereocenters. The van der Waals surface area contributed by atoms with E-state index in [1.165, 1.54) is 5.56 Å². The monoisotopic (exact) mass is 487 g/mol. The van der Waals surface area contributed by atoms with Crippen LogP contribution in [-0.2, 0) is 19.6 Å². The zero-order chi connectivity index (χ0) is 21.3. The van der Waals surface area contributed by atoms with Crippen molar-refractivity contribution in [2.24, 2.45) is 0 Å². The van der Waals surface area contributed by atoms with Crippen LogP contribution >= 0.6 is 27.5 Å². The van der Waals surface area contributed by atoms with Crippen LogP contribution < -0.4 is 14.8 Å². The SMILES string of the molecule is COc1cc(CN[C@@H](C)CCc2ccccc2)cc(Br)c1OCc1cccc(Cl)c1. The minimum Gasteiger partial charge on any atom is -0.493 e. The molecule has 0 heterocycles. The standard InChI is InChI=1S/C25H27BrClNO2/c1-18(11-12-19-7-4-3-5-8-19)28-16-21-14-23(26)25(24(15-21)29-2)30-17-20-9-6-10-22(27)13-20/h3-10,13-15,18,28H,11-12,16-17H2,1-2H3/t18-/m0/s1. The van der Waals surface area contributed by atoms with Gasteiger partial charge in [0.1, 0.15) is 6.61 Å². The van der Waals surface area contributed by atoms with Crippen LogP contribution in [0.3, 0.4) is 0 Å². The first-order valence-electron chi connectivity index (χ1n) is 10.1. The van der Waals surface area contributed by atoms with E-state index in [1.807, 2.05) is 30.3 Å². The first-order chi connectivity index (χ1) is 14.5. The number of hydrogen-bond acceptors (Lipinski definition) is 3. The lowest BCUT2D eigenvalue weighted by molar-refractivity contribution is 0.282. The summed E-state index contributed by atoms with van der Waals surface area (Å²) < 4.78 is 12.5. The Morgan fingerprint density at radius 1 is 0.967 bits per heavy atom. The highest BCUT2D eigenvalue weighted by Gasteiger charge is 2.13. The molecule has 0 aliphatic heterocycles. The van der Waals surface area contributed by atoms with E-state index in [1.54, 1.807) is 7.11 Å². The Balaban J connectivity index is 1.57. The van der Waals surface area contributed by atoms with Gasteiger partial charge < -0.3 is 14.8 Å². The summed E-state index contributed by atoms with van der Waals surface area (Å²) in [4.78, 5) is 0. The molecule has 0 aliphatic rings. The molecule has 30 heavy (non-hydrogen) atoms. The van der Waals surface area contributed by atoms with Gasteiger partial charge in [0.25, 0.3) is 0 Å². The summed E-state index contributed by atoms with van der Waals surface area (Å²) in [5.41, 5.74) is 3.52. The van der Waals surface area contributed by atoms with Crippen molar-refractivity contribution in [3.8, 4) is 11.5 Å². The van der Waals surface area contributed by atoms with Crippen molar-refractivity contribution in [3.05, 3.63) is 92.9 Å². The van der Waals surface area contributed by atoms with Crippen molar-refractivity contribution >= 4 is 27.5 Å². The van der Waals surface area contributed by atoms with E-state index in [-0.39, 0.29) is 0 Å². The molecule has 1 N–H and O–H groups in total. The predicted molar refractivity (Wildman–Crippen MR) is 128 cm³/mol. The highest BCUT2D eigenvalue weighted by atomic mass is 79.9. The normalized spacial score (nSPS) is 11.9. The van der Waals surface area contributed by atoms with Crippen molar-refractivity contribution in [2.45, 2.75) is 39.0 Å². The summed E-state index contributed by atoms with van der Waals surface area (Å²) in [6.45, 7) is 3.40. The fourth-order valence-electron chi connectivity index (χ4n) is 3.22. The van der Waals surface area contributed by atoms with E-state index in [4.69, 9.17) is 21.1 Å². The number of methoxy groups -OCH3 is 1. The molecular formula is C25H27BrClNO2. The van der Waals surface area contributed by atoms with Crippen LogP contribution in [0.5, 0.6) is 11.5 Å². The molecule has 0 saturated carbocycles. The number of aryl methyl sites for hydroxylation is 1. The maximum Gasteiger partial charge on any atom is 0.175 e. The highest BCUT2D eigenvalue weighted by Crippen LogP contribution is 2.37. The van der Waals surface area contributed by atoms with Gasteiger partial charge in [0, 0.05) is 17.6 Å². The number of nitrogens with one attached hydrogen (secondary N) is 1. The smallest absolute Gasteiger partial charge is 0.175 e. The molecule has 158 valence electrons. The van der Waals surface area contributed by atoms with Crippen molar-refractivity contribution < 1.29 is 9.47 Å². The minimum absolute atomic E-state index is 0.411. The summed E-state index contributed by atoms with van der Waals surface area (Å²) in [5.74, 6) is 1.40. The molecule has 0 aliphatic carbocycles. The quantitative estimate of drug-likeness (QED) is 0.340. The third-order valence-corrected chi connectivity index (χ3v) is 5.75. The Bertz CT molecular complexity index is 949. The van der Waals surface area contributed by atoms with E-state index in [2.05, 4.69) is 64.6 Å². The van der Waals surface area contributed by atoms with Crippen LogP contribution in [0.1, 0.15) is 30.0 Å². The molecule has 3 rings (SSSR count). The third kappa shape index (κ3) is 6.76. The fourth-order valence-corrected chi connectivity index (χ4v) is 4.04. The van der Waals surface area contributed by atoms with Crippen LogP contribution in [0.25, 0.3) is 0 Å². The van der Waals surface area contributed by atoms with Gasteiger partial charge in [-0.2, -0.15) is 0 Å². The number of ether oxygens (including phenoxy) is 2. The second kappa shape index (κ2) is 11.4.